The summed E-state index contributed by atoms with van der Waals surface area (Å²) in [5, 5.41) is 18.2. The number of allylic oxidation sites excluding steroid dienone is 2. The number of rotatable bonds is 34. The molecule has 0 aromatic rings. The van der Waals surface area contributed by atoms with Crippen LogP contribution < -0.4 is 0 Å². The maximum atomic E-state index is 12.5. The van der Waals surface area contributed by atoms with E-state index >= 15 is 0 Å². The van der Waals surface area contributed by atoms with Gasteiger partial charge in [-0.1, -0.05) is 122 Å². The van der Waals surface area contributed by atoms with Gasteiger partial charge < -0.3 is 24.6 Å². The van der Waals surface area contributed by atoms with Crippen LogP contribution in [0.25, 0.3) is 0 Å². The van der Waals surface area contributed by atoms with Gasteiger partial charge >= 0.3 is 19.8 Å². The van der Waals surface area contributed by atoms with Crippen molar-refractivity contribution in [2.24, 2.45) is 0 Å². The number of ether oxygens (including phenoxy) is 2. The van der Waals surface area contributed by atoms with Crippen LogP contribution in [0.1, 0.15) is 162 Å². The summed E-state index contributed by atoms with van der Waals surface area (Å²) in [7, 11) is -4.60. The zero-order valence-corrected chi connectivity index (χ0v) is 29.9. The number of aliphatic hydroxyl groups excluding tert-OH is 2. The predicted molar refractivity (Wildman–Crippen MR) is 182 cm³/mol. The molecule has 46 heavy (non-hydrogen) atoms. The van der Waals surface area contributed by atoms with Gasteiger partial charge in [0, 0.05) is 12.8 Å². The number of carbonyl (C=O) groups is 2. The number of phosphoric acid groups is 1. The highest BCUT2D eigenvalue weighted by molar-refractivity contribution is 7.47. The molecule has 3 atom stereocenters. The van der Waals surface area contributed by atoms with Gasteiger partial charge in [0.05, 0.1) is 19.8 Å². The first-order chi connectivity index (χ1) is 22.2. The van der Waals surface area contributed by atoms with E-state index < -0.39 is 51.8 Å². The third-order valence-corrected chi connectivity index (χ3v) is 8.62. The van der Waals surface area contributed by atoms with Crippen LogP contribution in [0.3, 0.4) is 0 Å². The van der Waals surface area contributed by atoms with Crippen molar-refractivity contribution in [3.8, 4) is 0 Å². The SMILES string of the molecule is CCCCCCC/C=C\CCCCCCCC(=O)OC(COC(=O)CCCCCCCCCCC)COP(=O)(O)OCC(O)CO. The topological polar surface area (TPSA) is 149 Å². The molecule has 0 fully saturated rings. The normalized spacial score (nSPS) is 14.3. The second-order valence-corrected chi connectivity index (χ2v) is 13.7. The molecule has 0 saturated heterocycles. The van der Waals surface area contributed by atoms with E-state index in [4.69, 9.17) is 19.1 Å². The molecule has 0 saturated carbocycles. The molecule has 11 heteroatoms. The van der Waals surface area contributed by atoms with E-state index in [0.29, 0.717) is 12.8 Å². The first kappa shape index (κ1) is 44.7. The minimum absolute atomic E-state index is 0.177. The Morgan fingerprint density at radius 3 is 1.57 bits per heavy atom. The van der Waals surface area contributed by atoms with Crippen molar-refractivity contribution < 1.29 is 47.8 Å². The van der Waals surface area contributed by atoms with Crippen LogP contribution in [-0.4, -0.2) is 65.7 Å². The predicted octanol–water partition coefficient (Wildman–Crippen LogP) is 8.50. The van der Waals surface area contributed by atoms with E-state index in [2.05, 4.69) is 30.5 Å². The van der Waals surface area contributed by atoms with Crippen LogP contribution in [0.2, 0.25) is 0 Å². The summed E-state index contributed by atoms with van der Waals surface area (Å²) in [6, 6.07) is 0. The minimum atomic E-state index is -4.60. The van der Waals surface area contributed by atoms with E-state index in [1.54, 1.807) is 0 Å². The second-order valence-electron chi connectivity index (χ2n) is 12.3. The number of hydrogen-bond donors (Lipinski definition) is 3. The highest BCUT2D eigenvalue weighted by atomic mass is 31.2. The molecule has 0 bridgehead atoms. The number of carbonyl (C=O) groups excluding carboxylic acids is 2. The molecule has 0 rings (SSSR count). The van der Waals surface area contributed by atoms with Crippen molar-refractivity contribution in [2.75, 3.05) is 26.4 Å². The molecule has 0 aromatic carbocycles. The van der Waals surface area contributed by atoms with Gasteiger partial charge in [-0.25, -0.2) is 4.57 Å². The molecule has 0 aliphatic rings. The number of aliphatic hydroxyl groups is 2. The number of unbranched alkanes of at least 4 members (excludes halogenated alkanes) is 18. The van der Waals surface area contributed by atoms with Crippen LogP contribution in [-0.2, 0) is 32.7 Å². The van der Waals surface area contributed by atoms with Gasteiger partial charge in [-0.2, -0.15) is 0 Å². The molecule has 0 radical (unpaired) electrons. The lowest BCUT2D eigenvalue weighted by atomic mass is 10.1. The Bertz CT molecular complexity index is 791. The molecular weight excluding hydrogens is 611 g/mol. The first-order valence-corrected chi connectivity index (χ1v) is 19.6. The lowest BCUT2D eigenvalue weighted by Gasteiger charge is -2.20. The molecule has 0 spiro atoms. The van der Waals surface area contributed by atoms with Crippen LogP contribution in [0.5, 0.6) is 0 Å². The summed E-state index contributed by atoms with van der Waals surface area (Å²) in [5.41, 5.74) is 0. The maximum Gasteiger partial charge on any atom is 0.472 e. The molecule has 3 N–H and O–H groups in total. The molecule has 272 valence electrons. The molecule has 0 amide bonds. The van der Waals surface area contributed by atoms with Crippen molar-refractivity contribution >= 4 is 19.8 Å². The maximum absolute atomic E-state index is 12.5. The van der Waals surface area contributed by atoms with Crippen molar-refractivity contribution in [1.29, 1.82) is 0 Å². The van der Waals surface area contributed by atoms with Crippen molar-refractivity contribution in [2.45, 2.75) is 174 Å². The van der Waals surface area contributed by atoms with Crippen LogP contribution in [0, 0.1) is 0 Å². The van der Waals surface area contributed by atoms with Gasteiger partial charge in [0.25, 0.3) is 0 Å². The average molecular weight is 679 g/mol. The summed E-state index contributed by atoms with van der Waals surface area (Å²) < 4.78 is 32.5. The van der Waals surface area contributed by atoms with Gasteiger partial charge in [-0.3, -0.25) is 18.6 Å². The van der Waals surface area contributed by atoms with Crippen LogP contribution in [0.15, 0.2) is 12.2 Å². The zero-order valence-electron chi connectivity index (χ0n) is 29.0. The highest BCUT2D eigenvalue weighted by Crippen LogP contribution is 2.43. The second kappa shape index (κ2) is 32.3. The summed E-state index contributed by atoms with van der Waals surface area (Å²) in [4.78, 5) is 34.7. The van der Waals surface area contributed by atoms with E-state index in [1.807, 2.05) is 0 Å². The fourth-order valence-electron chi connectivity index (χ4n) is 4.81. The van der Waals surface area contributed by atoms with Gasteiger partial charge in [0.2, 0.25) is 0 Å². The monoisotopic (exact) mass is 678 g/mol. The molecule has 0 aliphatic heterocycles. The van der Waals surface area contributed by atoms with Crippen molar-refractivity contribution in [3.63, 3.8) is 0 Å². The van der Waals surface area contributed by atoms with Crippen molar-refractivity contribution in [3.05, 3.63) is 12.2 Å². The molecule has 0 aliphatic carbocycles. The third-order valence-electron chi connectivity index (χ3n) is 7.67. The largest absolute Gasteiger partial charge is 0.472 e. The van der Waals surface area contributed by atoms with E-state index in [-0.39, 0.29) is 19.4 Å². The summed E-state index contributed by atoms with van der Waals surface area (Å²) >= 11 is 0. The molecule has 10 nitrogen and oxygen atoms in total. The summed E-state index contributed by atoms with van der Waals surface area (Å²) in [6.45, 7) is 2.32. The lowest BCUT2D eigenvalue weighted by Crippen LogP contribution is -2.29. The Morgan fingerprint density at radius 1 is 0.630 bits per heavy atom. The smallest absolute Gasteiger partial charge is 0.462 e. The quantitative estimate of drug-likeness (QED) is 0.0262. The Hall–Kier alpha value is -1.29. The summed E-state index contributed by atoms with van der Waals surface area (Å²) in [5.74, 6) is -0.935. The molecule has 0 heterocycles. The fraction of sp³-hybridized carbons (Fsp3) is 0.886. The number of phosphoric ester groups is 1. The Balaban J connectivity index is 4.39. The molecule has 0 aromatic heterocycles. The van der Waals surface area contributed by atoms with E-state index in [1.165, 1.54) is 64.2 Å². The Morgan fingerprint density at radius 2 is 1.07 bits per heavy atom. The van der Waals surface area contributed by atoms with Crippen molar-refractivity contribution in [1.82, 2.24) is 0 Å². The third kappa shape index (κ3) is 31.3. The Labute approximate surface area is 279 Å². The molecular formula is C35H67O10P. The van der Waals surface area contributed by atoms with Crippen LogP contribution >= 0.6 is 7.82 Å². The Kier molecular flexibility index (Phi) is 31.4. The molecule has 3 unspecified atom stereocenters. The van der Waals surface area contributed by atoms with Crippen LogP contribution in [0.4, 0.5) is 0 Å². The zero-order chi connectivity index (χ0) is 34.1. The number of esters is 2. The van der Waals surface area contributed by atoms with Gasteiger partial charge in [-0.05, 0) is 38.5 Å². The standard InChI is InChI=1S/C35H67O10P/c1-3-5-7-9-11-13-14-15-16-17-19-21-23-25-27-35(39)45-33(31-44-46(40,41)43-29-32(37)28-36)30-42-34(38)26-24-22-20-18-12-10-8-6-4-2/h14-15,32-33,36-37H,3-13,16-31H2,1-2H3,(H,40,41)/b15-14-. The van der Waals surface area contributed by atoms with E-state index in [0.717, 1.165) is 57.8 Å². The average Bonchev–Trinajstić information content (AvgIpc) is 3.04. The lowest BCUT2D eigenvalue weighted by molar-refractivity contribution is -0.161. The highest BCUT2D eigenvalue weighted by Gasteiger charge is 2.27. The summed E-state index contributed by atoms with van der Waals surface area (Å²) in [6.07, 6.45) is 26.2. The van der Waals surface area contributed by atoms with Gasteiger partial charge in [0.1, 0.15) is 12.7 Å². The fourth-order valence-corrected chi connectivity index (χ4v) is 5.60. The number of hydrogen-bond acceptors (Lipinski definition) is 9. The van der Waals surface area contributed by atoms with Gasteiger partial charge in [-0.15, -0.1) is 0 Å². The minimum Gasteiger partial charge on any atom is -0.462 e. The van der Waals surface area contributed by atoms with Gasteiger partial charge in [0.15, 0.2) is 6.10 Å². The first-order valence-electron chi connectivity index (χ1n) is 18.1. The van der Waals surface area contributed by atoms with E-state index in [9.17, 15) is 24.2 Å².